The number of nitrogens with zero attached hydrogens (tertiary/aromatic N) is 1. The van der Waals surface area contributed by atoms with Gasteiger partial charge in [0.2, 0.25) is 0 Å². The minimum atomic E-state index is -0.154. The molecule has 28 heavy (non-hydrogen) atoms. The van der Waals surface area contributed by atoms with E-state index in [9.17, 15) is 9.59 Å². The molecule has 2 amide bonds. The monoisotopic (exact) mass is 399 g/mol. The van der Waals surface area contributed by atoms with Gasteiger partial charge < -0.3 is 15.5 Å². The summed E-state index contributed by atoms with van der Waals surface area (Å²) in [5.74, 6) is -0.225. The van der Waals surface area contributed by atoms with Crippen molar-refractivity contribution in [1.29, 1.82) is 0 Å². The van der Waals surface area contributed by atoms with Crippen molar-refractivity contribution in [2.24, 2.45) is 0 Å². The summed E-state index contributed by atoms with van der Waals surface area (Å²) in [5.41, 5.74) is 3.37. The van der Waals surface area contributed by atoms with Crippen LogP contribution in [0.2, 0.25) is 0 Å². The average Bonchev–Trinajstić information content (AvgIpc) is 3.03. The van der Waals surface area contributed by atoms with E-state index in [1.54, 1.807) is 11.3 Å². The Morgan fingerprint density at radius 1 is 1.11 bits per heavy atom. The summed E-state index contributed by atoms with van der Waals surface area (Å²) in [6.07, 6.45) is 5.03. The third kappa shape index (κ3) is 4.80. The second-order valence-electron chi connectivity index (χ2n) is 7.60. The standard InChI is InChI=1S/C22H29N3O2S/c1-15-9-4-5-10-16(15)20(26)24-22-19(17-11-6-7-12-18(17)28-22)21(27)23-13-8-14-25(2)3/h4-5,9-10H,6-8,11-14H2,1-3H3,(H,23,27)(H,24,26). The van der Waals surface area contributed by atoms with Crippen molar-refractivity contribution in [3.63, 3.8) is 0 Å². The van der Waals surface area contributed by atoms with Gasteiger partial charge in [0.1, 0.15) is 5.00 Å². The molecule has 5 nitrogen and oxygen atoms in total. The van der Waals surface area contributed by atoms with Gasteiger partial charge in [-0.05, 0) is 76.9 Å². The van der Waals surface area contributed by atoms with Gasteiger partial charge in [-0.2, -0.15) is 0 Å². The second kappa shape index (κ2) is 9.34. The van der Waals surface area contributed by atoms with Crippen LogP contribution in [0.3, 0.4) is 0 Å². The lowest BCUT2D eigenvalue weighted by molar-refractivity contribution is 0.0952. The van der Waals surface area contributed by atoms with Crippen molar-refractivity contribution in [3.05, 3.63) is 51.4 Å². The molecule has 0 atom stereocenters. The van der Waals surface area contributed by atoms with Crippen LogP contribution in [0.1, 0.15) is 56.0 Å². The van der Waals surface area contributed by atoms with E-state index >= 15 is 0 Å². The number of aryl methyl sites for hydroxylation is 2. The predicted octanol–water partition coefficient (Wildman–Crippen LogP) is 3.87. The number of hydrogen-bond acceptors (Lipinski definition) is 4. The molecular weight excluding hydrogens is 370 g/mol. The molecule has 0 unspecified atom stereocenters. The number of benzene rings is 1. The number of amides is 2. The van der Waals surface area contributed by atoms with Crippen LogP contribution >= 0.6 is 11.3 Å². The second-order valence-corrected chi connectivity index (χ2v) is 8.70. The molecule has 1 aromatic carbocycles. The molecule has 0 saturated carbocycles. The molecule has 0 spiro atoms. The highest BCUT2D eigenvalue weighted by molar-refractivity contribution is 7.17. The van der Waals surface area contributed by atoms with Gasteiger partial charge in [-0.25, -0.2) is 0 Å². The van der Waals surface area contributed by atoms with E-state index in [4.69, 9.17) is 0 Å². The lowest BCUT2D eigenvalue weighted by atomic mass is 9.95. The molecule has 2 aromatic rings. The first kappa shape index (κ1) is 20.6. The highest BCUT2D eigenvalue weighted by Gasteiger charge is 2.26. The van der Waals surface area contributed by atoms with E-state index in [2.05, 4.69) is 15.5 Å². The lowest BCUT2D eigenvalue weighted by Crippen LogP contribution is -2.28. The van der Waals surface area contributed by atoms with Gasteiger partial charge in [0.15, 0.2) is 0 Å². The topological polar surface area (TPSA) is 61.4 Å². The van der Waals surface area contributed by atoms with Crippen LogP contribution in [0.15, 0.2) is 24.3 Å². The van der Waals surface area contributed by atoms with Crippen molar-refractivity contribution < 1.29 is 9.59 Å². The van der Waals surface area contributed by atoms with Gasteiger partial charge in [0.05, 0.1) is 5.56 Å². The summed E-state index contributed by atoms with van der Waals surface area (Å²) in [4.78, 5) is 29.1. The summed E-state index contributed by atoms with van der Waals surface area (Å²) in [7, 11) is 4.05. The zero-order valence-electron chi connectivity index (χ0n) is 16.9. The van der Waals surface area contributed by atoms with E-state index < -0.39 is 0 Å². The SMILES string of the molecule is Cc1ccccc1C(=O)Nc1sc2c(c1C(=O)NCCCN(C)C)CCCC2. The zero-order chi connectivity index (χ0) is 20.1. The highest BCUT2D eigenvalue weighted by atomic mass is 32.1. The van der Waals surface area contributed by atoms with Crippen LogP contribution in [-0.4, -0.2) is 43.9 Å². The van der Waals surface area contributed by atoms with Crippen LogP contribution in [0.5, 0.6) is 0 Å². The molecule has 0 saturated heterocycles. The van der Waals surface area contributed by atoms with E-state index in [0.717, 1.165) is 49.8 Å². The van der Waals surface area contributed by atoms with Gasteiger partial charge >= 0.3 is 0 Å². The van der Waals surface area contributed by atoms with Crippen LogP contribution in [0, 0.1) is 6.92 Å². The van der Waals surface area contributed by atoms with Gasteiger partial charge in [-0.3, -0.25) is 9.59 Å². The maximum absolute atomic E-state index is 13.0. The summed E-state index contributed by atoms with van der Waals surface area (Å²) in [6, 6.07) is 7.52. The van der Waals surface area contributed by atoms with Gasteiger partial charge in [0.25, 0.3) is 11.8 Å². The van der Waals surface area contributed by atoms with Crippen molar-refractivity contribution in [3.8, 4) is 0 Å². The normalized spacial score (nSPS) is 13.3. The number of thiophene rings is 1. The third-order valence-electron chi connectivity index (χ3n) is 5.08. The van der Waals surface area contributed by atoms with Crippen molar-refractivity contribution in [1.82, 2.24) is 10.2 Å². The number of fused-ring (bicyclic) bond motifs is 1. The summed E-state index contributed by atoms with van der Waals surface area (Å²) in [5, 5.41) is 6.76. The van der Waals surface area contributed by atoms with Gasteiger partial charge in [-0.15, -0.1) is 11.3 Å². The molecule has 2 N–H and O–H groups in total. The molecule has 1 aliphatic rings. The Balaban J connectivity index is 1.80. The predicted molar refractivity (Wildman–Crippen MR) is 116 cm³/mol. The van der Waals surface area contributed by atoms with Crippen molar-refractivity contribution in [2.75, 3.05) is 32.5 Å². The first-order valence-electron chi connectivity index (χ1n) is 9.92. The minimum absolute atomic E-state index is 0.0711. The molecular formula is C22H29N3O2S. The van der Waals surface area contributed by atoms with Crippen LogP contribution in [0.25, 0.3) is 0 Å². The molecule has 1 aliphatic carbocycles. The number of anilines is 1. The number of carbonyl (C=O) groups is 2. The first-order valence-corrected chi connectivity index (χ1v) is 10.7. The third-order valence-corrected chi connectivity index (χ3v) is 6.29. The van der Waals surface area contributed by atoms with Gasteiger partial charge in [0, 0.05) is 17.0 Å². The largest absolute Gasteiger partial charge is 0.352 e. The van der Waals surface area contributed by atoms with E-state index in [1.807, 2.05) is 45.3 Å². The average molecular weight is 400 g/mol. The van der Waals surface area contributed by atoms with E-state index in [0.29, 0.717) is 22.7 Å². The zero-order valence-corrected chi connectivity index (χ0v) is 17.7. The molecule has 6 heteroatoms. The van der Waals surface area contributed by atoms with Crippen LogP contribution in [0.4, 0.5) is 5.00 Å². The van der Waals surface area contributed by atoms with Crippen molar-refractivity contribution >= 4 is 28.2 Å². The molecule has 1 heterocycles. The van der Waals surface area contributed by atoms with Crippen LogP contribution in [-0.2, 0) is 12.8 Å². The molecule has 150 valence electrons. The fourth-order valence-electron chi connectivity index (χ4n) is 3.58. The molecule has 0 radical (unpaired) electrons. The van der Waals surface area contributed by atoms with Crippen molar-refractivity contribution in [2.45, 2.75) is 39.0 Å². The first-order chi connectivity index (χ1) is 13.5. The fraction of sp³-hybridized carbons (Fsp3) is 0.455. The number of carbonyl (C=O) groups excluding carboxylic acids is 2. The maximum atomic E-state index is 13.0. The van der Waals surface area contributed by atoms with Gasteiger partial charge in [-0.1, -0.05) is 18.2 Å². The Morgan fingerprint density at radius 2 is 1.86 bits per heavy atom. The molecule has 0 fully saturated rings. The quantitative estimate of drug-likeness (QED) is 0.695. The van der Waals surface area contributed by atoms with Crippen LogP contribution < -0.4 is 10.6 Å². The molecule has 3 rings (SSSR count). The Morgan fingerprint density at radius 3 is 2.61 bits per heavy atom. The minimum Gasteiger partial charge on any atom is -0.352 e. The Bertz CT molecular complexity index is 857. The number of rotatable bonds is 7. The summed E-state index contributed by atoms with van der Waals surface area (Å²) in [6.45, 7) is 3.48. The molecule has 1 aromatic heterocycles. The fourth-order valence-corrected chi connectivity index (χ4v) is 4.86. The maximum Gasteiger partial charge on any atom is 0.256 e. The Kier molecular flexibility index (Phi) is 6.86. The summed E-state index contributed by atoms with van der Waals surface area (Å²) < 4.78 is 0. The van der Waals surface area contributed by atoms with E-state index in [-0.39, 0.29) is 11.8 Å². The number of hydrogen-bond donors (Lipinski definition) is 2. The van der Waals surface area contributed by atoms with E-state index in [1.165, 1.54) is 4.88 Å². The smallest absolute Gasteiger partial charge is 0.256 e. The lowest BCUT2D eigenvalue weighted by Gasteiger charge is -2.14. The number of nitrogens with one attached hydrogen (secondary N) is 2. The summed E-state index contributed by atoms with van der Waals surface area (Å²) >= 11 is 1.56. The Labute approximate surface area is 171 Å². The molecule has 0 aliphatic heterocycles. The molecule has 0 bridgehead atoms. The Hall–Kier alpha value is -2.18. The highest BCUT2D eigenvalue weighted by Crippen LogP contribution is 2.38.